The van der Waals surface area contributed by atoms with E-state index in [2.05, 4.69) is 18.1 Å². The predicted octanol–water partition coefficient (Wildman–Crippen LogP) is 3.38. The molecule has 92 valence electrons. The number of ether oxygens (including phenoxy) is 1. The number of oxime groups is 1. The molecule has 0 aliphatic heterocycles. The minimum atomic E-state index is 0.534. The summed E-state index contributed by atoms with van der Waals surface area (Å²) in [5.41, 5.74) is 3.18. The zero-order valence-electron chi connectivity index (χ0n) is 10.2. The van der Waals surface area contributed by atoms with Crippen LogP contribution in [0.4, 0.5) is 0 Å². The summed E-state index contributed by atoms with van der Waals surface area (Å²) >= 11 is 0. The van der Waals surface area contributed by atoms with E-state index in [-0.39, 0.29) is 0 Å². The molecule has 0 saturated heterocycles. The van der Waals surface area contributed by atoms with Crippen LogP contribution < -0.4 is 4.74 Å². The summed E-state index contributed by atoms with van der Waals surface area (Å²) in [6, 6.07) is 15.6. The average molecular weight is 241 g/mol. The summed E-state index contributed by atoms with van der Waals surface area (Å²) in [6.07, 6.45) is 1.38. The van der Waals surface area contributed by atoms with Crippen molar-refractivity contribution in [2.45, 2.75) is 13.5 Å². The van der Waals surface area contributed by atoms with Crippen LogP contribution in [0.1, 0.15) is 16.7 Å². The first-order chi connectivity index (χ1) is 8.79. The van der Waals surface area contributed by atoms with Gasteiger partial charge in [0.25, 0.3) is 0 Å². The van der Waals surface area contributed by atoms with Gasteiger partial charge in [-0.2, -0.15) is 0 Å². The van der Waals surface area contributed by atoms with Crippen LogP contribution in [0.3, 0.4) is 0 Å². The Morgan fingerprint density at radius 2 is 2.00 bits per heavy atom. The Kier molecular flexibility index (Phi) is 3.97. The SMILES string of the molecule is Cc1ccccc1COc1cccc(/C=N/O)c1. The van der Waals surface area contributed by atoms with Crippen molar-refractivity contribution in [1.82, 2.24) is 0 Å². The lowest BCUT2D eigenvalue weighted by Gasteiger charge is -2.08. The molecule has 1 N–H and O–H groups in total. The van der Waals surface area contributed by atoms with E-state index in [1.165, 1.54) is 17.3 Å². The molecule has 2 aromatic carbocycles. The minimum absolute atomic E-state index is 0.534. The highest BCUT2D eigenvalue weighted by atomic mass is 16.5. The normalized spacial score (nSPS) is 10.7. The maximum atomic E-state index is 8.48. The van der Waals surface area contributed by atoms with Crippen molar-refractivity contribution >= 4 is 6.21 Å². The van der Waals surface area contributed by atoms with Crippen LogP contribution in [0.5, 0.6) is 5.75 Å². The summed E-state index contributed by atoms with van der Waals surface area (Å²) in [4.78, 5) is 0. The second kappa shape index (κ2) is 5.87. The molecule has 0 saturated carbocycles. The van der Waals surface area contributed by atoms with Crippen molar-refractivity contribution < 1.29 is 9.94 Å². The van der Waals surface area contributed by atoms with Crippen molar-refractivity contribution in [2.75, 3.05) is 0 Å². The van der Waals surface area contributed by atoms with Gasteiger partial charge >= 0.3 is 0 Å². The van der Waals surface area contributed by atoms with Gasteiger partial charge in [-0.05, 0) is 35.7 Å². The highest BCUT2D eigenvalue weighted by molar-refractivity contribution is 5.79. The molecule has 0 bridgehead atoms. The molecule has 0 aromatic heterocycles. The maximum absolute atomic E-state index is 8.48. The first-order valence-corrected chi connectivity index (χ1v) is 5.74. The van der Waals surface area contributed by atoms with Gasteiger partial charge in [0, 0.05) is 0 Å². The molecule has 3 heteroatoms. The predicted molar refractivity (Wildman–Crippen MR) is 71.3 cm³/mol. The smallest absolute Gasteiger partial charge is 0.120 e. The molecular weight excluding hydrogens is 226 g/mol. The van der Waals surface area contributed by atoms with Gasteiger partial charge in [-0.3, -0.25) is 0 Å². The molecule has 0 aliphatic carbocycles. The van der Waals surface area contributed by atoms with Gasteiger partial charge in [-0.15, -0.1) is 0 Å². The molecule has 2 aromatic rings. The number of aryl methyl sites for hydroxylation is 1. The lowest BCUT2D eigenvalue weighted by atomic mass is 10.1. The largest absolute Gasteiger partial charge is 0.489 e. The van der Waals surface area contributed by atoms with E-state index in [9.17, 15) is 0 Å². The van der Waals surface area contributed by atoms with Gasteiger partial charge < -0.3 is 9.94 Å². The fourth-order valence-corrected chi connectivity index (χ4v) is 1.68. The van der Waals surface area contributed by atoms with E-state index in [4.69, 9.17) is 9.94 Å². The Morgan fingerprint density at radius 3 is 2.78 bits per heavy atom. The fraction of sp³-hybridized carbons (Fsp3) is 0.133. The van der Waals surface area contributed by atoms with Crippen LogP contribution in [0.25, 0.3) is 0 Å². The molecule has 0 spiro atoms. The van der Waals surface area contributed by atoms with Crippen LogP contribution in [-0.4, -0.2) is 11.4 Å². The molecule has 2 rings (SSSR count). The summed E-state index contributed by atoms with van der Waals surface area (Å²) in [5.74, 6) is 0.760. The second-order valence-electron chi connectivity index (χ2n) is 4.03. The molecule has 0 radical (unpaired) electrons. The first kappa shape index (κ1) is 12.2. The molecular formula is C15H15NO2. The molecule has 0 amide bonds. The number of rotatable bonds is 4. The Hall–Kier alpha value is -2.29. The summed E-state index contributed by atoms with van der Waals surface area (Å²) in [5, 5.41) is 11.5. The maximum Gasteiger partial charge on any atom is 0.120 e. The average Bonchev–Trinajstić information content (AvgIpc) is 2.39. The van der Waals surface area contributed by atoms with Gasteiger partial charge in [0.2, 0.25) is 0 Å². The van der Waals surface area contributed by atoms with E-state index in [1.807, 2.05) is 42.5 Å². The Balaban J connectivity index is 2.06. The lowest BCUT2D eigenvalue weighted by Crippen LogP contribution is -1.98. The summed E-state index contributed by atoms with van der Waals surface area (Å²) in [7, 11) is 0. The molecule has 0 unspecified atom stereocenters. The Bertz CT molecular complexity index is 550. The number of hydrogen-bond acceptors (Lipinski definition) is 3. The van der Waals surface area contributed by atoms with Crippen LogP contribution >= 0.6 is 0 Å². The second-order valence-corrected chi connectivity index (χ2v) is 4.03. The first-order valence-electron chi connectivity index (χ1n) is 5.74. The third kappa shape index (κ3) is 3.10. The van der Waals surface area contributed by atoms with Crippen molar-refractivity contribution in [3.63, 3.8) is 0 Å². The lowest BCUT2D eigenvalue weighted by molar-refractivity contribution is 0.305. The van der Waals surface area contributed by atoms with Crippen molar-refractivity contribution in [3.05, 3.63) is 65.2 Å². The molecule has 0 heterocycles. The highest BCUT2D eigenvalue weighted by Crippen LogP contribution is 2.15. The van der Waals surface area contributed by atoms with Gasteiger partial charge in [0.05, 0.1) is 6.21 Å². The van der Waals surface area contributed by atoms with E-state index >= 15 is 0 Å². The highest BCUT2D eigenvalue weighted by Gasteiger charge is 1.99. The van der Waals surface area contributed by atoms with Crippen LogP contribution in [0.2, 0.25) is 0 Å². The minimum Gasteiger partial charge on any atom is -0.489 e. The number of nitrogens with zero attached hydrogens (tertiary/aromatic N) is 1. The van der Waals surface area contributed by atoms with E-state index in [1.54, 1.807) is 0 Å². The van der Waals surface area contributed by atoms with E-state index in [0.717, 1.165) is 11.3 Å². The topological polar surface area (TPSA) is 41.8 Å². The molecule has 0 atom stereocenters. The third-order valence-corrected chi connectivity index (χ3v) is 2.72. The summed E-state index contributed by atoms with van der Waals surface area (Å²) < 4.78 is 5.72. The molecule has 0 aliphatic rings. The zero-order valence-corrected chi connectivity index (χ0v) is 10.2. The molecule has 0 fully saturated rings. The van der Waals surface area contributed by atoms with Crippen LogP contribution in [0.15, 0.2) is 53.7 Å². The Morgan fingerprint density at radius 1 is 1.17 bits per heavy atom. The van der Waals surface area contributed by atoms with Crippen molar-refractivity contribution in [3.8, 4) is 5.75 Å². The quantitative estimate of drug-likeness (QED) is 0.506. The number of benzene rings is 2. The van der Waals surface area contributed by atoms with Crippen molar-refractivity contribution in [2.24, 2.45) is 5.16 Å². The van der Waals surface area contributed by atoms with Gasteiger partial charge in [-0.1, -0.05) is 41.6 Å². The van der Waals surface area contributed by atoms with Crippen molar-refractivity contribution in [1.29, 1.82) is 0 Å². The molecule has 18 heavy (non-hydrogen) atoms. The van der Waals surface area contributed by atoms with Gasteiger partial charge in [0.1, 0.15) is 12.4 Å². The van der Waals surface area contributed by atoms with Gasteiger partial charge in [-0.25, -0.2) is 0 Å². The van der Waals surface area contributed by atoms with Gasteiger partial charge in [0.15, 0.2) is 0 Å². The fourth-order valence-electron chi connectivity index (χ4n) is 1.68. The summed E-state index contributed by atoms with van der Waals surface area (Å²) in [6.45, 7) is 2.60. The molecule has 3 nitrogen and oxygen atoms in total. The monoisotopic (exact) mass is 241 g/mol. The van der Waals surface area contributed by atoms with E-state index in [0.29, 0.717) is 6.61 Å². The zero-order chi connectivity index (χ0) is 12.8. The third-order valence-electron chi connectivity index (χ3n) is 2.72. The Labute approximate surface area is 106 Å². The standard InChI is InChI=1S/C15H15NO2/c1-12-5-2-3-7-14(12)11-18-15-8-4-6-13(9-15)10-16-17/h2-10,17H,11H2,1H3/b16-10+. The van der Waals surface area contributed by atoms with Crippen LogP contribution in [0, 0.1) is 6.92 Å². The van der Waals surface area contributed by atoms with E-state index < -0.39 is 0 Å². The number of hydrogen-bond donors (Lipinski definition) is 1. The van der Waals surface area contributed by atoms with Crippen LogP contribution in [-0.2, 0) is 6.61 Å².